The first-order chi connectivity index (χ1) is 10.1. The Hall–Kier alpha value is 0.107. The summed E-state index contributed by atoms with van der Waals surface area (Å²) in [6, 6.07) is 12.0. The molecule has 0 spiro atoms. The van der Waals surface area contributed by atoms with Crippen molar-refractivity contribution in [3.8, 4) is 0 Å². The molecule has 2 aromatic carbocycles. The van der Waals surface area contributed by atoms with Crippen LogP contribution in [0.1, 0.15) is 27.8 Å². The quantitative estimate of drug-likeness (QED) is 0.290. The molecule has 0 saturated heterocycles. The van der Waals surface area contributed by atoms with Crippen LogP contribution < -0.4 is 24.8 Å². The van der Waals surface area contributed by atoms with E-state index >= 15 is 0 Å². The predicted molar refractivity (Wildman–Crippen MR) is 104 cm³/mol. The van der Waals surface area contributed by atoms with Gasteiger partial charge < -0.3 is 24.8 Å². The van der Waals surface area contributed by atoms with Crippen LogP contribution in [0.15, 0.2) is 42.5 Å². The van der Waals surface area contributed by atoms with Gasteiger partial charge in [-0.05, 0) is 6.04 Å². The van der Waals surface area contributed by atoms with E-state index in [-0.39, 0.29) is 50.7 Å². The predicted octanol–water partition coefficient (Wildman–Crippen LogP) is 0.487. The van der Waals surface area contributed by atoms with Gasteiger partial charge >= 0.3 is 25.8 Å². The summed E-state index contributed by atoms with van der Waals surface area (Å²) in [5, 5.41) is 0. The number of allylic oxidation sites excluding steroid dienone is 1. The smallest absolute Gasteiger partial charge is 1.00 e. The van der Waals surface area contributed by atoms with Crippen molar-refractivity contribution in [3.05, 3.63) is 70.3 Å². The molecule has 0 aliphatic carbocycles. The fraction of sp³-hybridized carbons (Fsp3) is 0.429. The van der Waals surface area contributed by atoms with Crippen LogP contribution in [0.25, 0.3) is 0 Å². The van der Waals surface area contributed by atoms with Gasteiger partial charge in [0, 0.05) is 8.07 Å². The molecule has 0 radical (unpaired) electrons. The monoisotopic (exact) mass is 562 g/mol. The number of hydrogen-bond acceptors (Lipinski definition) is 0. The van der Waals surface area contributed by atoms with Gasteiger partial charge in [-0.3, -0.25) is 0 Å². The summed E-state index contributed by atoms with van der Waals surface area (Å²) < 4.78 is 0. The van der Waals surface area contributed by atoms with Crippen LogP contribution in [-0.2, 0) is 32.3 Å². The molecule has 0 aliphatic heterocycles. The molecular weight excluding hydrogens is 530 g/mol. The van der Waals surface area contributed by atoms with Gasteiger partial charge in [0.15, 0.2) is 0 Å². The molecule has 0 aliphatic rings. The minimum absolute atomic E-state index is 0. The molecule has 25 heavy (non-hydrogen) atoms. The molecule has 0 amide bonds. The summed E-state index contributed by atoms with van der Waals surface area (Å²) >= 11 is 0. The topological polar surface area (TPSA) is 0 Å². The molecule has 138 valence electrons. The largest absolute Gasteiger partial charge is 4.00 e. The Morgan fingerprint density at radius 2 is 1.36 bits per heavy atom. The van der Waals surface area contributed by atoms with Crippen LogP contribution >= 0.6 is 0 Å². The van der Waals surface area contributed by atoms with E-state index in [1.54, 1.807) is 0 Å². The Kier molecular flexibility index (Phi) is 15.9. The molecule has 0 N–H and O–H groups in total. The molecule has 0 fully saturated rings. The summed E-state index contributed by atoms with van der Waals surface area (Å²) in [4.78, 5) is 0. The van der Waals surface area contributed by atoms with Crippen molar-refractivity contribution >= 4 is 8.07 Å². The van der Waals surface area contributed by atoms with Crippen molar-refractivity contribution in [2.24, 2.45) is 0 Å². The van der Waals surface area contributed by atoms with Crippen LogP contribution in [0.2, 0.25) is 25.7 Å². The van der Waals surface area contributed by atoms with Gasteiger partial charge in [-0.15, -0.1) is 6.58 Å². The zero-order valence-electron chi connectivity index (χ0n) is 16.8. The Balaban J connectivity index is -0.000000362. The van der Waals surface area contributed by atoms with E-state index in [0.717, 1.165) is 6.42 Å². The normalized spacial score (nSPS) is 9.72. The van der Waals surface area contributed by atoms with Gasteiger partial charge in [-0.1, -0.05) is 59.3 Å². The van der Waals surface area contributed by atoms with Gasteiger partial charge in [0.05, 0.1) is 0 Å². The Labute approximate surface area is 187 Å². The fourth-order valence-electron chi connectivity index (χ4n) is 2.77. The Morgan fingerprint density at radius 1 is 0.960 bits per heavy atom. The molecule has 0 saturated carbocycles. The van der Waals surface area contributed by atoms with Crippen LogP contribution in [0.5, 0.6) is 0 Å². The second kappa shape index (κ2) is 13.3. The molecule has 2 aromatic rings. The van der Waals surface area contributed by atoms with Crippen molar-refractivity contribution in [3.63, 3.8) is 0 Å². The summed E-state index contributed by atoms with van der Waals surface area (Å²) in [5.41, 5.74) is 8.55. The second-order valence-corrected chi connectivity index (χ2v) is 13.2. The van der Waals surface area contributed by atoms with Gasteiger partial charge in [-0.25, -0.2) is 12.1 Å². The molecular formula is C21H32Cl2HfSi. The third-order valence-electron chi connectivity index (χ3n) is 4.14. The average molecular weight is 562 g/mol. The first-order valence-corrected chi connectivity index (χ1v) is 11.9. The summed E-state index contributed by atoms with van der Waals surface area (Å²) in [7, 11) is -0.953. The van der Waals surface area contributed by atoms with E-state index in [1.807, 2.05) is 0 Å². The van der Waals surface area contributed by atoms with Crippen molar-refractivity contribution in [2.75, 3.05) is 0 Å². The van der Waals surface area contributed by atoms with Crippen molar-refractivity contribution in [1.82, 2.24) is 0 Å². The van der Waals surface area contributed by atoms with Crippen molar-refractivity contribution in [2.45, 2.75) is 59.8 Å². The summed E-state index contributed by atoms with van der Waals surface area (Å²) in [5.74, 6) is 0. The van der Waals surface area contributed by atoms with Crippen LogP contribution in [-0.4, -0.2) is 8.07 Å². The first-order valence-electron chi connectivity index (χ1n) is 8.17. The molecule has 0 unspecified atom stereocenters. The molecule has 0 nitrogen and oxygen atoms in total. The van der Waals surface area contributed by atoms with Crippen LogP contribution in [0.3, 0.4) is 0 Å². The van der Waals surface area contributed by atoms with Gasteiger partial charge in [0.2, 0.25) is 0 Å². The third-order valence-corrected chi connectivity index (χ3v) is 5.71. The van der Waals surface area contributed by atoms with E-state index in [9.17, 15) is 0 Å². The maximum Gasteiger partial charge on any atom is 4.00 e. The number of hydrogen-bond donors (Lipinski definition) is 0. The molecule has 2 rings (SSSR count). The Bertz CT molecular complexity index is 582. The zero-order valence-corrected chi connectivity index (χ0v) is 22.9. The molecule has 4 heteroatoms. The number of aryl methyl sites for hydroxylation is 2. The molecule has 0 heterocycles. The summed E-state index contributed by atoms with van der Waals surface area (Å²) in [6.07, 6.45) is 1.07. The summed E-state index contributed by atoms with van der Waals surface area (Å²) in [6.45, 7) is 20.0. The van der Waals surface area contributed by atoms with Gasteiger partial charge in [0.1, 0.15) is 0 Å². The molecule has 0 bridgehead atoms. The third kappa shape index (κ3) is 11.4. The minimum atomic E-state index is -0.953. The number of halogens is 2. The number of rotatable bonds is 4. The maximum atomic E-state index is 4.15. The standard InChI is InChI=1S/C12H19Si.C9H13.2ClH.Hf/c1-11(10-13(2,3)4)9-12-7-5-6-8-12;1-6-5-7(2)9(4)8(6)3;;;/h5-8H,1,9-10H2,2-4H3;5H,1-4H3;2*1H;/q2*-1;;;+4/p-2. The van der Waals surface area contributed by atoms with E-state index in [0.29, 0.717) is 0 Å². The van der Waals surface area contributed by atoms with Crippen LogP contribution in [0.4, 0.5) is 0 Å². The van der Waals surface area contributed by atoms with Gasteiger partial charge in [-0.2, -0.15) is 46.0 Å². The zero-order chi connectivity index (χ0) is 16.9. The SMILES string of the molecule is C=C(C[c-]1cccc1)C[Si](C)(C)C.Cc1[cH-]c(C)c(C)c1C.[Cl-].[Cl-].[Hf+4]. The van der Waals surface area contributed by atoms with E-state index in [4.69, 9.17) is 0 Å². The minimum Gasteiger partial charge on any atom is -1.00 e. The van der Waals surface area contributed by atoms with Crippen LogP contribution in [0, 0.1) is 27.7 Å². The fourth-order valence-corrected chi connectivity index (χ4v) is 4.39. The molecule has 0 aromatic heterocycles. The maximum absolute atomic E-state index is 4.15. The van der Waals surface area contributed by atoms with E-state index in [1.165, 1.54) is 39.4 Å². The van der Waals surface area contributed by atoms with E-state index < -0.39 is 8.07 Å². The molecule has 0 atom stereocenters. The average Bonchev–Trinajstić information content (AvgIpc) is 2.94. The van der Waals surface area contributed by atoms with E-state index in [2.05, 4.69) is 84.2 Å². The van der Waals surface area contributed by atoms with Crippen molar-refractivity contribution in [1.29, 1.82) is 0 Å². The Morgan fingerprint density at radius 3 is 1.64 bits per heavy atom. The second-order valence-electron chi connectivity index (χ2n) is 7.72. The van der Waals surface area contributed by atoms with Gasteiger partial charge in [0.25, 0.3) is 0 Å². The first kappa shape index (κ1) is 29.9. The van der Waals surface area contributed by atoms with Crippen molar-refractivity contribution < 1.29 is 50.7 Å².